The van der Waals surface area contributed by atoms with Crippen LogP contribution in [0.4, 0.5) is 0 Å². The molecule has 1 fully saturated rings. The molecule has 0 radical (unpaired) electrons. The maximum Gasteiger partial charge on any atom is 0.241 e. The minimum absolute atomic E-state index is 0.0283. The van der Waals surface area contributed by atoms with Gasteiger partial charge in [-0.2, -0.15) is 11.8 Å². The van der Waals surface area contributed by atoms with Crippen LogP contribution in [0.5, 0.6) is 0 Å². The van der Waals surface area contributed by atoms with Crippen LogP contribution in [0.15, 0.2) is 0 Å². The molecule has 4 unspecified atom stereocenters. The standard InChI is InChI=1S/C14H28N2OS/c1-6-8-12-15-13(10(3)7-2)14(17)16(12)9-11(4)18-5/h10-13,15H,6-9H2,1-5H3. The van der Waals surface area contributed by atoms with Gasteiger partial charge in [0, 0.05) is 11.8 Å². The van der Waals surface area contributed by atoms with E-state index in [1.165, 1.54) is 0 Å². The van der Waals surface area contributed by atoms with Crippen molar-refractivity contribution in [3.8, 4) is 0 Å². The Bertz CT molecular complexity index is 273. The van der Waals surface area contributed by atoms with E-state index in [-0.39, 0.29) is 12.2 Å². The zero-order valence-electron chi connectivity index (χ0n) is 12.4. The second-order valence-corrected chi connectivity index (χ2v) is 6.65. The van der Waals surface area contributed by atoms with E-state index in [0.717, 1.165) is 25.8 Å². The normalized spacial score (nSPS) is 27.6. The summed E-state index contributed by atoms with van der Waals surface area (Å²) in [4.78, 5) is 14.6. The number of amides is 1. The molecule has 3 nitrogen and oxygen atoms in total. The van der Waals surface area contributed by atoms with Gasteiger partial charge in [0.2, 0.25) is 5.91 Å². The Morgan fingerprint density at radius 3 is 2.56 bits per heavy atom. The monoisotopic (exact) mass is 272 g/mol. The van der Waals surface area contributed by atoms with Gasteiger partial charge in [0.25, 0.3) is 0 Å². The molecule has 1 aliphatic rings. The molecule has 18 heavy (non-hydrogen) atoms. The van der Waals surface area contributed by atoms with Gasteiger partial charge >= 0.3 is 0 Å². The van der Waals surface area contributed by atoms with Gasteiger partial charge in [-0.25, -0.2) is 0 Å². The summed E-state index contributed by atoms with van der Waals surface area (Å²) in [5.74, 6) is 0.732. The number of carbonyl (C=O) groups is 1. The lowest BCUT2D eigenvalue weighted by molar-refractivity contribution is -0.130. The Morgan fingerprint density at radius 1 is 1.39 bits per heavy atom. The smallest absolute Gasteiger partial charge is 0.241 e. The first-order valence-corrected chi connectivity index (χ1v) is 8.43. The van der Waals surface area contributed by atoms with Crippen LogP contribution >= 0.6 is 11.8 Å². The van der Waals surface area contributed by atoms with E-state index in [1.54, 1.807) is 0 Å². The van der Waals surface area contributed by atoms with Crippen molar-refractivity contribution in [2.75, 3.05) is 12.8 Å². The number of nitrogens with zero attached hydrogens (tertiary/aromatic N) is 1. The van der Waals surface area contributed by atoms with Crippen LogP contribution in [0.25, 0.3) is 0 Å². The summed E-state index contributed by atoms with van der Waals surface area (Å²) in [6, 6.07) is 0.0283. The lowest BCUT2D eigenvalue weighted by Crippen LogP contribution is -2.40. The summed E-state index contributed by atoms with van der Waals surface area (Å²) in [6.45, 7) is 9.56. The molecular weight excluding hydrogens is 244 g/mol. The topological polar surface area (TPSA) is 32.3 Å². The molecule has 0 saturated carbocycles. The molecule has 1 amide bonds. The van der Waals surface area contributed by atoms with Gasteiger partial charge in [-0.3, -0.25) is 10.1 Å². The maximum absolute atomic E-state index is 12.5. The fourth-order valence-electron chi connectivity index (χ4n) is 2.43. The minimum Gasteiger partial charge on any atom is -0.325 e. The molecule has 4 atom stereocenters. The average molecular weight is 272 g/mol. The van der Waals surface area contributed by atoms with Crippen LogP contribution in [-0.4, -0.2) is 41.1 Å². The van der Waals surface area contributed by atoms with E-state index in [4.69, 9.17) is 0 Å². The van der Waals surface area contributed by atoms with E-state index in [1.807, 2.05) is 11.8 Å². The predicted octanol–water partition coefficient (Wildman–Crippen LogP) is 2.71. The molecule has 106 valence electrons. The van der Waals surface area contributed by atoms with Gasteiger partial charge in [-0.05, 0) is 18.6 Å². The molecule has 0 aromatic rings. The quantitative estimate of drug-likeness (QED) is 0.773. The summed E-state index contributed by atoms with van der Waals surface area (Å²) in [5, 5.41) is 4.04. The third-order valence-electron chi connectivity index (χ3n) is 3.93. The van der Waals surface area contributed by atoms with Crippen LogP contribution in [0.2, 0.25) is 0 Å². The van der Waals surface area contributed by atoms with Gasteiger partial charge in [-0.1, -0.05) is 40.5 Å². The van der Waals surface area contributed by atoms with Crippen LogP contribution in [0.3, 0.4) is 0 Å². The fraction of sp³-hybridized carbons (Fsp3) is 0.929. The average Bonchev–Trinajstić information content (AvgIpc) is 2.67. The molecule has 0 aromatic heterocycles. The second-order valence-electron chi connectivity index (χ2n) is 5.37. The molecule has 0 spiro atoms. The lowest BCUT2D eigenvalue weighted by atomic mass is 9.99. The fourth-order valence-corrected chi connectivity index (χ4v) is 2.74. The van der Waals surface area contributed by atoms with Crippen LogP contribution in [-0.2, 0) is 4.79 Å². The molecule has 0 aliphatic carbocycles. The van der Waals surface area contributed by atoms with E-state index >= 15 is 0 Å². The summed E-state index contributed by atoms with van der Waals surface area (Å²) >= 11 is 1.83. The molecule has 1 saturated heterocycles. The van der Waals surface area contributed by atoms with Crippen LogP contribution in [0, 0.1) is 5.92 Å². The summed E-state index contributed by atoms with van der Waals surface area (Å²) < 4.78 is 0. The van der Waals surface area contributed by atoms with Gasteiger partial charge in [0.15, 0.2) is 0 Å². The Labute approximate surface area is 116 Å². The second kappa shape index (κ2) is 7.39. The number of hydrogen-bond acceptors (Lipinski definition) is 3. The molecule has 4 heteroatoms. The predicted molar refractivity (Wildman–Crippen MR) is 79.8 cm³/mol. The van der Waals surface area contributed by atoms with Gasteiger partial charge in [0.05, 0.1) is 12.2 Å². The van der Waals surface area contributed by atoms with Gasteiger partial charge in [0.1, 0.15) is 0 Å². The molecule has 1 N–H and O–H groups in total. The van der Waals surface area contributed by atoms with E-state index in [9.17, 15) is 4.79 Å². The Kier molecular flexibility index (Phi) is 6.50. The number of carbonyl (C=O) groups excluding carboxylic acids is 1. The Morgan fingerprint density at radius 2 is 2.06 bits per heavy atom. The molecule has 1 heterocycles. The van der Waals surface area contributed by atoms with Crippen molar-refractivity contribution in [2.24, 2.45) is 5.92 Å². The highest BCUT2D eigenvalue weighted by molar-refractivity contribution is 7.99. The number of nitrogens with one attached hydrogen (secondary N) is 1. The van der Waals surface area contributed by atoms with Crippen LogP contribution in [0.1, 0.15) is 47.0 Å². The SMILES string of the molecule is CCCC1NC(C(C)CC)C(=O)N1CC(C)SC. The zero-order chi connectivity index (χ0) is 13.7. The van der Waals surface area contributed by atoms with E-state index in [2.05, 4.69) is 44.2 Å². The number of thioether (sulfide) groups is 1. The van der Waals surface area contributed by atoms with Crippen molar-refractivity contribution in [3.05, 3.63) is 0 Å². The first-order valence-electron chi connectivity index (χ1n) is 7.14. The zero-order valence-corrected chi connectivity index (χ0v) is 13.2. The highest BCUT2D eigenvalue weighted by atomic mass is 32.2. The Balaban J connectivity index is 2.74. The molecule has 0 aromatic carbocycles. The molecule has 0 bridgehead atoms. The van der Waals surface area contributed by atoms with Crippen molar-refractivity contribution >= 4 is 17.7 Å². The van der Waals surface area contributed by atoms with Crippen molar-refractivity contribution in [3.63, 3.8) is 0 Å². The highest BCUT2D eigenvalue weighted by Gasteiger charge is 2.40. The molecule has 1 rings (SSSR count). The number of rotatable bonds is 7. The van der Waals surface area contributed by atoms with Crippen molar-refractivity contribution in [1.82, 2.24) is 10.2 Å². The first kappa shape index (κ1) is 15.8. The first-order chi connectivity index (χ1) is 8.54. The third-order valence-corrected chi connectivity index (χ3v) is 4.88. The number of hydrogen-bond donors (Lipinski definition) is 1. The Hall–Kier alpha value is -0.220. The van der Waals surface area contributed by atoms with Crippen molar-refractivity contribution in [1.29, 1.82) is 0 Å². The largest absolute Gasteiger partial charge is 0.325 e. The van der Waals surface area contributed by atoms with Crippen molar-refractivity contribution in [2.45, 2.75) is 64.4 Å². The maximum atomic E-state index is 12.5. The van der Waals surface area contributed by atoms with E-state index in [0.29, 0.717) is 17.1 Å². The van der Waals surface area contributed by atoms with Gasteiger partial charge in [-0.15, -0.1) is 0 Å². The highest BCUT2D eigenvalue weighted by Crippen LogP contribution is 2.23. The van der Waals surface area contributed by atoms with Crippen LogP contribution < -0.4 is 5.32 Å². The summed E-state index contributed by atoms with van der Waals surface area (Å²) in [6.07, 6.45) is 5.58. The third kappa shape index (κ3) is 3.64. The van der Waals surface area contributed by atoms with Gasteiger partial charge < -0.3 is 4.90 Å². The molecule has 1 aliphatic heterocycles. The lowest BCUT2D eigenvalue weighted by Gasteiger charge is -2.26. The summed E-state index contributed by atoms with van der Waals surface area (Å²) in [7, 11) is 0. The minimum atomic E-state index is 0.0283. The summed E-state index contributed by atoms with van der Waals surface area (Å²) in [5.41, 5.74) is 0. The van der Waals surface area contributed by atoms with Crippen molar-refractivity contribution < 1.29 is 4.79 Å². The molecular formula is C14H28N2OS. The van der Waals surface area contributed by atoms with E-state index < -0.39 is 0 Å².